The van der Waals surface area contributed by atoms with Crippen LogP contribution in [-0.2, 0) is 15.1 Å². The first-order valence-electron chi connectivity index (χ1n) is 6.56. The summed E-state index contributed by atoms with van der Waals surface area (Å²) in [5, 5.41) is 4.50. The third-order valence-corrected chi connectivity index (χ3v) is 4.11. The van der Waals surface area contributed by atoms with Crippen LogP contribution in [0.15, 0.2) is 18.2 Å². The van der Waals surface area contributed by atoms with Crippen LogP contribution in [0.1, 0.15) is 18.9 Å². The van der Waals surface area contributed by atoms with Crippen LogP contribution >= 0.6 is 23.2 Å². The highest BCUT2D eigenvalue weighted by molar-refractivity contribution is 6.42. The predicted molar refractivity (Wildman–Crippen MR) is 78.1 cm³/mol. The van der Waals surface area contributed by atoms with Gasteiger partial charge in [-0.15, -0.1) is 0 Å². The maximum atomic E-state index is 6.12. The second-order valence-electron chi connectivity index (χ2n) is 4.60. The molecule has 1 heterocycles. The highest BCUT2D eigenvalue weighted by atomic mass is 35.5. The minimum atomic E-state index is -0.373. The maximum Gasteiger partial charge on any atom is 0.108 e. The maximum absolute atomic E-state index is 6.12. The van der Waals surface area contributed by atoms with E-state index in [1.807, 2.05) is 25.1 Å². The molecule has 2 rings (SSSR count). The van der Waals surface area contributed by atoms with Crippen molar-refractivity contribution in [2.45, 2.75) is 18.9 Å². The van der Waals surface area contributed by atoms with Crippen molar-refractivity contribution in [2.24, 2.45) is 0 Å². The molecule has 0 radical (unpaired) electrons. The Labute approximate surface area is 124 Å². The van der Waals surface area contributed by atoms with Crippen molar-refractivity contribution in [3.63, 3.8) is 0 Å². The largest absolute Gasteiger partial charge is 0.382 e. The van der Waals surface area contributed by atoms with Crippen LogP contribution in [0, 0.1) is 0 Å². The van der Waals surface area contributed by atoms with Crippen LogP contribution in [-0.4, -0.2) is 32.9 Å². The van der Waals surface area contributed by atoms with Gasteiger partial charge in [-0.3, -0.25) is 0 Å². The Morgan fingerprint density at radius 1 is 1.37 bits per heavy atom. The molecule has 0 bridgehead atoms. The second kappa shape index (κ2) is 6.91. The number of hydrogen-bond acceptors (Lipinski definition) is 3. The van der Waals surface area contributed by atoms with Gasteiger partial charge in [0, 0.05) is 32.7 Å². The summed E-state index contributed by atoms with van der Waals surface area (Å²) < 4.78 is 11.5. The van der Waals surface area contributed by atoms with E-state index in [0.717, 1.165) is 25.1 Å². The summed E-state index contributed by atoms with van der Waals surface area (Å²) in [6.45, 7) is 5.69. The Morgan fingerprint density at radius 2 is 2.21 bits per heavy atom. The molecule has 1 aliphatic rings. The molecule has 0 amide bonds. The second-order valence-corrected chi connectivity index (χ2v) is 5.41. The van der Waals surface area contributed by atoms with Gasteiger partial charge in [0.25, 0.3) is 0 Å². The molecular formula is C14H19Cl2NO2. The Bertz CT molecular complexity index is 420. The molecular weight excluding hydrogens is 285 g/mol. The molecule has 1 aromatic carbocycles. The number of benzene rings is 1. The van der Waals surface area contributed by atoms with E-state index in [0.29, 0.717) is 29.9 Å². The van der Waals surface area contributed by atoms with E-state index in [1.165, 1.54) is 0 Å². The first-order valence-corrected chi connectivity index (χ1v) is 7.31. The average molecular weight is 304 g/mol. The molecule has 0 aromatic heterocycles. The zero-order chi connectivity index (χ0) is 13.7. The fraction of sp³-hybridized carbons (Fsp3) is 0.571. The highest BCUT2D eigenvalue weighted by Crippen LogP contribution is 2.34. The molecule has 1 aliphatic heterocycles. The van der Waals surface area contributed by atoms with Gasteiger partial charge in [-0.2, -0.15) is 0 Å². The number of rotatable bonds is 5. The van der Waals surface area contributed by atoms with Crippen molar-refractivity contribution in [3.8, 4) is 0 Å². The third kappa shape index (κ3) is 3.61. The van der Waals surface area contributed by atoms with E-state index in [2.05, 4.69) is 5.32 Å². The topological polar surface area (TPSA) is 30.5 Å². The summed E-state index contributed by atoms with van der Waals surface area (Å²) in [6.07, 6.45) is 0.797. The lowest BCUT2D eigenvalue weighted by Gasteiger charge is -2.38. The van der Waals surface area contributed by atoms with Crippen molar-refractivity contribution in [2.75, 3.05) is 32.9 Å². The number of ether oxygens (including phenoxy) is 2. The van der Waals surface area contributed by atoms with E-state index >= 15 is 0 Å². The molecule has 1 N–H and O–H groups in total. The lowest BCUT2D eigenvalue weighted by molar-refractivity contribution is -0.0886. The zero-order valence-corrected chi connectivity index (χ0v) is 12.6. The van der Waals surface area contributed by atoms with E-state index in [-0.39, 0.29) is 5.60 Å². The highest BCUT2D eigenvalue weighted by Gasteiger charge is 2.35. The molecule has 1 atom stereocenters. The first kappa shape index (κ1) is 15.1. The molecule has 106 valence electrons. The van der Waals surface area contributed by atoms with Gasteiger partial charge in [-0.25, -0.2) is 0 Å². The van der Waals surface area contributed by atoms with E-state index < -0.39 is 0 Å². The van der Waals surface area contributed by atoms with Gasteiger partial charge in [0.15, 0.2) is 0 Å². The van der Waals surface area contributed by atoms with Gasteiger partial charge in [0.2, 0.25) is 0 Å². The van der Waals surface area contributed by atoms with E-state index in [1.54, 1.807) is 0 Å². The van der Waals surface area contributed by atoms with Crippen molar-refractivity contribution in [1.82, 2.24) is 5.32 Å². The summed E-state index contributed by atoms with van der Waals surface area (Å²) in [5.41, 5.74) is 0.676. The Balaban J connectivity index is 2.22. The molecule has 19 heavy (non-hydrogen) atoms. The predicted octanol–water partition coefficient (Wildman–Crippen LogP) is 3.24. The quantitative estimate of drug-likeness (QED) is 0.847. The van der Waals surface area contributed by atoms with Crippen molar-refractivity contribution < 1.29 is 9.47 Å². The molecule has 1 saturated heterocycles. The van der Waals surface area contributed by atoms with Gasteiger partial charge < -0.3 is 14.8 Å². The molecule has 0 aliphatic carbocycles. The van der Waals surface area contributed by atoms with Crippen molar-refractivity contribution in [1.29, 1.82) is 0 Å². The number of halogens is 2. The van der Waals surface area contributed by atoms with E-state index in [9.17, 15) is 0 Å². The average Bonchev–Trinajstić information content (AvgIpc) is 2.43. The molecule has 5 heteroatoms. The first-order chi connectivity index (χ1) is 9.18. The number of hydrogen-bond donors (Lipinski definition) is 1. The minimum Gasteiger partial charge on any atom is -0.382 e. The van der Waals surface area contributed by atoms with Crippen LogP contribution in [0.4, 0.5) is 0 Å². The molecule has 1 unspecified atom stereocenters. The molecule has 0 saturated carbocycles. The molecule has 3 nitrogen and oxygen atoms in total. The lowest BCUT2D eigenvalue weighted by atomic mass is 9.89. The van der Waals surface area contributed by atoms with Crippen LogP contribution in [0.2, 0.25) is 10.0 Å². The lowest BCUT2D eigenvalue weighted by Crippen LogP contribution is -2.48. The van der Waals surface area contributed by atoms with Crippen LogP contribution in [0.25, 0.3) is 0 Å². The standard InChI is InChI=1S/C14H19Cl2NO2/c1-2-18-7-5-14(10-17-6-8-19-14)11-3-4-12(15)13(16)9-11/h3-4,9,17H,2,5-8,10H2,1H3. The van der Waals surface area contributed by atoms with Crippen LogP contribution in [0.5, 0.6) is 0 Å². The summed E-state index contributed by atoms with van der Waals surface area (Å²) in [5.74, 6) is 0. The Hall–Kier alpha value is -0.320. The van der Waals surface area contributed by atoms with E-state index in [4.69, 9.17) is 32.7 Å². The number of nitrogens with one attached hydrogen (secondary N) is 1. The molecule has 1 fully saturated rings. The summed E-state index contributed by atoms with van der Waals surface area (Å²) in [4.78, 5) is 0. The summed E-state index contributed by atoms with van der Waals surface area (Å²) >= 11 is 12.1. The van der Waals surface area contributed by atoms with Gasteiger partial charge in [0.1, 0.15) is 5.60 Å². The Kier molecular flexibility index (Phi) is 5.48. The minimum absolute atomic E-state index is 0.373. The Morgan fingerprint density at radius 3 is 2.84 bits per heavy atom. The fourth-order valence-electron chi connectivity index (χ4n) is 2.31. The van der Waals surface area contributed by atoms with Gasteiger partial charge in [-0.1, -0.05) is 29.3 Å². The van der Waals surface area contributed by atoms with Crippen molar-refractivity contribution >= 4 is 23.2 Å². The zero-order valence-electron chi connectivity index (χ0n) is 11.0. The third-order valence-electron chi connectivity index (χ3n) is 3.37. The number of morpholine rings is 1. The van der Waals surface area contributed by atoms with Crippen LogP contribution in [0.3, 0.4) is 0 Å². The van der Waals surface area contributed by atoms with Crippen molar-refractivity contribution in [3.05, 3.63) is 33.8 Å². The molecule has 0 spiro atoms. The SMILES string of the molecule is CCOCCC1(c2ccc(Cl)c(Cl)c2)CNCCO1. The fourth-order valence-corrected chi connectivity index (χ4v) is 2.61. The molecule has 1 aromatic rings. The normalized spacial score (nSPS) is 23.5. The monoisotopic (exact) mass is 303 g/mol. The van der Waals surface area contributed by atoms with Gasteiger partial charge in [0.05, 0.1) is 16.7 Å². The van der Waals surface area contributed by atoms with Crippen LogP contribution < -0.4 is 5.32 Å². The summed E-state index contributed by atoms with van der Waals surface area (Å²) in [6, 6.07) is 5.69. The smallest absolute Gasteiger partial charge is 0.108 e. The van der Waals surface area contributed by atoms with Gasteiger partial charge in [-0.05, 0) is 24.6 Å². The van der Waals surface area contributed by atoms with Gasteiger partial charge >= 0.3 is 0 Å². The summed E-state index contributed by atoms with van der Waals surface area (Å²) in [7, 11) is 0.